The summed E-state index contributed by atoms with van der Waals surface area (Å²) in [6.07, 6.45) is 6.72. The number of benzene rings is 1. The first kappa shape index (κ1) is 15.2. The van der Waals surface area contributed by atoms with E-state index in [9.17, 15) is 0 Å². The SMILES string of the molecule is CNC(C)c1c(OC)cccc1N(C)C1CCCCC1. The van der Waals surface area contributed by atoms with Gasteiger partial charge >= 0.3 is 0 Å². The van der Waals surface area contributed by atoms with Crippen LogP contribution in [0.2, 0.25) is 0 Å². The van der Waals surface area contributed by atoms with Gasteiger partial charge in [0.05, 0.1) is 7.11 Å². The van der Waals surface area contributed by atoms with Crippen molar-refractivity contribution >= 4 is 5.69 Å². The molecule has 0 radical (unpaired) electrons. The van der Waals surface area contributed by atoms with E-state index in [1.54, 1.807) is 7.11 Å². The lowest BCUT2D eigenvalue weighted by atomic mass is 9.93. The molecule has 0 spiro atoms. The van der Waals surface area contributed by atoms with E-state index in [4.69, 9.17) is 4.74 Å². The molecular formula is C17H28N2O. The maximum Gasteiger partial charge on any atom is 0.125 e. The minimum atomic E-state index is 0.284. The van der Waals surface area contributed by atoms with Crippen molar-refractivity contribution < 1.29 is 4.74 Å². The van der Waals surface area contributed by atoms with E-state index in [0.717, 1.165) is 5.75 Å². The van der Waals surface area contributed by atoms with Crippen molar-refractivity contribution in [3.8, 4) is 5.75 Å². The molecule has 0 aromatic heterocycles. The van der Waals surface area contributed by atoms with Crippen LogP contribution in [0.5, 0.6) is 5.75 Å². The van der Waals surface area contributed by atoms with Gasteiger partial charge < -0.3 is 15.0 Å². The molecule has 3 nitrogen and oxygen atoms in total. The molecule has 1 unspecified atom stereocenters. The Hall–Kier alpha value is -1.22. The Balaban J connectivity index is 2.33. The quantitative estimate of drug-likeness (QED) is 0.886. The molecule has 1 fully saturated rings. The molecule has 2 rings (SSSR count). The van der Waals surface area contributed by atoms with Crippen LogP contribution in [0.1, 0.15) is 50.6 Å². The lowest BCUT2D eigenvalue weighted by Crippen LogP contribution is -2.34. The van der Waals surface area contributed by atoms with Gasteiger partial charge in [-0.05, 0) is 38.9 Å². The summed E-state index contributed by atoms with van der Waals surface area (Å²) in [4.78, 5) is 2.46. The Kier molecular flexibility index (Phi) is 5.30. The first-order valence-electron chi connectivity index (χ1n) is 7.76. The highest BCUT2D eigenvalue weighted by molar-refractivity contribution is 5.61. The van der Waals surface area contributed by atoms with Crippen LogP contribution in [0.3, 0.4) is 0 Å². The molecular weight excluding hydrogens is 248 g/mol. The van der Waals surface area contributed by atoms with Crippen LogP contribution in [-0.2, 0) is 0 Å². The molecule has 0 amide bonds. The van der Waals surface area contributed by atoms with Gasteiger partial charge in [-0.2, -0.15) is 0 Å². The number of hydrogen-bond acceptors (Lipinski definition) is 3. The third kappa shape index (κ3) is 3.09. The molecule has 0 saturated heterocycles. The fourth-order valence-corrected chi connectivity index (χ4v) is 3.26. The van der Waals surface area contributed by atoms with E-state index in [-0.39, 0.29) is 6.04 Å². The summed E-state index contributed by atoms with van der Waals surface area (Å²) in [7, 11) is 5.99. The van der Waals surface area contributed by atoms with E-state index in [1.165, 1.54) is 43.4 Å². The van der Waals surface area contributed by atoms with Gasteiger partial charge in [0.15, 0.2) is 0 Å². The van der Waals surface area contributed by atoms with E-state index in [2.05, 4.69) is 42.4 Å². The molecule has 1 aliphatic rings. The highest BCUT2D eigenvalue weighted by atomic mass is 16.5. The maximum absolute atomic E-state index is 5.58. The van der Waals surface area contributed by atoms with E-state index in [1.807, 2.05) is 7.05 Å². The number of hydrogen-bond donors (Lipinski definition) is 1. The molecule has 1 aromatic carbocycles. The second-order valence-electron chi connectivity index (χ2n) is 5.81. The summed E-state index contributed by atoms with van der Waals surface area (Å²) in [5.41, 5.74) is 2.57. The Morgan fingerprint density at radius 2 is 1.95 bits per heavy atom. The van der Waals surface area contributed by atoms with Crippen LogP contribution in [0.25, 0.3) is 0 Å². The lowest BCUT2D eigenvalue weighted by molar-refractivity contribution is 0.401. The van der Waals surface area contributed by atoms with Crippen LogP contribution >= 0.6 is 0 Å². The van der Waals surface area contributed by atoms with E-state index >= 15 is 0 Å². The number of anilines is 1. The van der Waals surface area contributed by atoms with Crippen LogP contribution in [0.15, 0.2) is 18.2 Å². The smallest absolute Gasteiger partial charge is 0.125 e. The Morgan fingerprint density at radius 1 is 1.25 bits per heavy atom. The fourth-order valence-electron chi connectivity index (χ4n) is 3.26. The Labute approximate surface area is 123 Å². The third-order valence-electron chi connectivity index (χ3n) is 4.63. The van der Waals surface area contributed by atoms with Crippen LogP contribution in [0.4, 0.5) is 5.69 Å². The van der Waals surface area contributed by atoms with Crippen molar-refractivity contribution in [3.05, 3.63) is 23.8 Å². The van der Waals surface area contributed by atoms with Crippen molar-refractivity contribution in [2.24, 2.45) is 0 Å². The zero-order valence-electron chi connectivity index (χ0n) is 13.3. The highest BCUT2D eigenvalue weighted by Crippen LogP contribution is 2.36. The maximum atomic E-state index is 5.58. The van der Waals surface area contributed by atoms with Gasteiger partial charge in [0.1, 0.15) is 5.75 Å². The van der Waals surface area contributed by atoms with Crippen molar-refractivity contribution in [1.29, 1.82) is 0 Å². The first-order chi connectivity index (χ1) is 9.69. The van der Waals surface area contributed by atoms with Crippen molar-refractivity contribution in [2.45, 2.75) is 51.1 Å². The third-order valence-corrected chi connectivity index (χ3v) is 4.63. The summed E-state index contributed by atoms with van der Waals surface area (Å²) in [5, 5.41) is 3.35. The summed E-state index contributed by atoms with van der Waals surface area (Å²) in [6.45, 7) is 2.19. The molecule has 1 N–H and O–H groups in total. The van der Waals surface area contributed by atoms with Gasteiger partial charge in [-0.15, -0.1) is 0 Å². The molecule has 20 heavy (non-hydrogen) atoms. The molecule has 1 atom stereocenters. The largest absolute Gasteiger partial charge is 0.496 e. The molecule has 0 aliphatic heterocycles. The average molecular weight is 276 g/mol. The van der Waals surface area contributed by atoms with Gasteiger partial charge in [0, 0.05) is 30.4 Å². The van der Waals surface area contributed by atoms with Gasteiger partial charge in [0.25, 0.3) is 0 Å². The van der Waals surface area contributed by atoms with Crippen LogP contribution in [0, 0.1) is 0 Å². The molecule has 3 heteroatoms. The number of rotatable bonds is 5. The van der Waals surface area contributed by atoms with Crippen molar-refractivity contribution in [1.82, 2.24) is 5.32 Å². The minimum absolute atomic E-state index is 0.284. The van der Waals surface area contributed by atoms with E-state index < -0.39 is 0 Å². The zero-order valence-corrected chi connectivity index (χ0v) is 13.3. The molecule has 1 aromatic rings. The molecule has 1 aliphatic carbocycles. The molecule has 1 saturated carbocycles. The fraction of sp³-hybridized carbons (Fsp3) is 0.647. The average Bonchev–Trinajstić information content (AvgIpc) is 2.53. The first-order valence-corrected chi connectivity index (χ1v) is 7.76. The highest BCUT2D eigenvalue weighted by Gasteiger charge is 2.23. The number of nitrogens with zero attached hydrogens (tertiary/aromatic N) is 1. The summed E-state index contributed by atoms with van der Waals surface area (Å²) in [6, 6.07) is 7.33. The monoisotopic (exact) mass is 276 g/mol. The standard InChI is InChI=1S/C17H28N2O/c1-13(18-2)17-15(11-8-12-16(17)20-4)19(3)14-9-6-5-7-10-14/h8,11-14,18H,5-7,9-10H2,1-4H3. The summed E-state index contributed by atoms with van der Waals surface area (Å²) in [5.74, 6) is 0.979. The number of ether oxygens (including phenoxy) is 1. The van der Waals surface area contributed by atoms with Gasteiger partial charge in [-0.25, -0.2) is 0 Å². The number of methoxy groups -OCH3 is 1. The topological polar surface area (TPSA) is 24.5 Å². The normalized spacial score (nSPS) is 17.8. The predicted molar refractivity (Wildman–Crippen MR) is 85.7 cm³/mol. The summed E-state index contributed by atoms with van der Waals surface area (Å²) >= 11 is 0. The molecule has 112 valence electrons. The van der Waals surface area contributed by atoms with Crippen LogP contribution < -0.4 is 15.0 Å². The van der Waals surface area contributed by atoms with E-state index in [0.29, 0.717) is 6.04 Å². The van der Waals surface area contributed by atoms with Gasteiger partial charge in [0.2, 0.25) is 0 Å². The number of nitrogens with one attached hydrogen (secondary N) is 1. The molecule has 0 heterocycles. The predicted octanol–water partition coefficient (Wildman–Crippen LogP) is 3.74. The van der Waals surface area contributed by atoms with Gasteiger partial charge in [-0.3, -0.25) is 0 Å². The Morgan fingerprint density at radius 3 is 2.55 bits per heavy atom. The minimum Gasteiger partial charge on any atom is -0.496 e. The van der Waals surface area contributed by atoms with Gasteiger partial charge in [-0.1, -0.05) is 25.3 Å². The Bertz CT molecular complexity index is 427. The second kappa shape index (κ2) is 6.98. The van der Waals surface area contributed by atoms with Crippen molar-refractivity contribution in [3.63, 3.8) is 0 Å². The van der Waals surface area contributed by atoms with Crippen LogP contribution in [-0.4, -0.2) is 27.2 Å². The van der Waals surface area contributed by atoms with Crippen molar-refractivity contribution in [2.75, 3.05) is 26.1 Å². The lowest BCUT2D eigenvalue weighted by Gasteiger charge is -2.35. The summed E-state index contributed by atoms with van der Waals surface area (Å²) < 4.78 is 5.58. The second-order valence-corrected chi connectivity index (χ2v) is 5.81. The zero-order chi connectivity index (χ0) is 14.5. The molecule has 0 bridgehead atoms.